The zero-order valence-electron chi connectivity index (χ0n) is 40.5. The van der Waals surface area contributed by atoms with Crippen molar-refractivity contribution in [2.24, 2.45) is 0 Å². The van der Waals surface area contributed by atoms with E-state index in [1.54, 1.807) is 0 Å². The van der Waals surface area contributed by atoms with Gasteiger partial charge in [0.2, 0.25) is 0 Å². The number of carbonyl (C=O) groups is 1. The lowest BCUT2D eigenvalue weighted by Gasteiger charge is -2.28. The maximum Gasteiger partial charge on any atom is 0.306 e. The molecule has 358 valence electrons. The molecule has 9 heteroatoms. The second-order valence-electron chi connectivity index (χ2n) is 16.7. The van der Waals surface area contributed by atoms with Gasteiger partial charge in [-0.25, -0.2) is 0 Å². The largest absolute Gasteiger partial charge is 0.756 e. The second kappa shape index (κ2) is 45.5. The quantitative estimate of drug-likeness (QED) is 0.0198. The second-order valence-corrected chi connectivity index (χ2v) is 18.1. The Morgan fingerprint density at radius 2 is 0.873 bits per heavy atom. The number of allylic oxidation sites excluding steroid dienone is 20. The summed E-state index contributed by atoms with van der Waals surface area (Å²) in [7, 11) is 1.30. The third-order valence-corrected chi connectivity index (χ3v) is 10.5. The number of hydrogen-bond acceptors (Lipinski definition) is 7. The number of ether oxygens (including phenoxy) is 2. The number of carbonyl (C=O) groups excluding carboxylic acids is 1. The Bertz CT molecular complexity index is 1410. The first-order valence-electron chi connectivity index (χ1n) is 24.3. The van der Waals surface area contributed by atoms with Crippen molar-refractivity contribution in [2.75, 3.05) is 54.1 Å². The van der Waals surface area contributed by atoms with Crippen molar-refractivity contribution >= 4 is 13.8 Å². The van der Waals surface area contributed by atoms with E-state index in [0.29, 0.717) is 17.6 Å². The lowest BCUT2D eigenvalue weighted by Crippen LogP contribution is -2.37. The summed E-state index contributed by atoms with van der Waals surface area (Å²) in [6, 6.07) is 0. The van der Waals surface area contributed by atoms with Crippen molar-refractivity contribution in [1.29, 1.82) is 0 Å². The summed E-state index contributed by atoms with van der Waals surface area (Å²) in [5.41, 5.74) is 0. The SMILES string of the molecule is CC/C=C\C/C=C\C/C=C\C/C=C\C/C=C\C/C=C\C/C=C\CCCCCCOCC(COP(=O)([O-])OCC[N+](C)(C)C)OC(=O)CCCCCCC/C=C\C/C=C\C/C=C\CC. The van der Waals surface area contributed by atoms with Gasteiger partial charge in [-0.15, -0.1) is 0 Å². The van der Waals surface area contributed by atoms with Gasteiger partial charge in [0, 0.05) is 13.0 Å². The molecule has 0 aromatic carbocycles. The standard InChI is InChI=1S/C54H90NO7P/c1-6-8-10-12-14-16-18-20-22-23-24-25-26-27-28-29-30-31-32-34-36-38-40-42-44-46-49-59-51-53(52-61-63(57,58)60-50-48-55(3,4)5)62-54(56)47-45-43-41-39-37-35-33-21-19-17-15-13-11-9-7-2/h8-11,14-17,20-22,24-25,27-28,30-31,33-34,36,53H,6-7,12-13,18-19,23,26,29,32,35,37-52H2,1-5H3/b10-8-,11-9-,16-14-,17-15-,22-20-,25-24-,28-27-,31-30-,33-21-,36-34-. The van der Waals surface area contributed by atoms with Gasteiger partial charge in [-0.2, -0.15) is 0 Å². The minimum atomic E-state index is -4.55. The summed E-state index contributed by atoms with van der Waals surface area (Å²) < 4.78 is 34.6. The number of rotatable bonds is 43. The van der Waals surface area contributed by atoms with Gasteiger partial charge in [-0.1, -0.05) is 167 Å². The average molecular weight is 896 g/mol. The predicted molar refractivity (Wildman–Crippen MR) is 267 cm³/mol. The third-order valence-electron chi connectivity index (χ3n) is 9.51. The van der Waals surface area contributed by atoms with Crippen LogP contribution in [0, 0.1) is 0 Å². The summed E-state index contributed by atoms with van der Waals surface area (Å²) in [6.45, 7) is 5.06. The lowest BCUT2D eigenvalue weighted by molar-refractivity contribution is -0.870. The maximum absolute atomic E-state index is 12.7. The van der Waals surface area contributed by atoms with Crippen molar-refractivity contribution in [1.82, 2.24) is 0 Å². The molecule has 0 rings (SSSR count). The molecule has 0 heterocycles. The van der Waals surface area contributed by atoms with Crippen LogP contribution in [-0.2, 0) is 27.9 Å². The molecule has 0 amide bonds. The van der Waals surface area contributed by atoms with Gasteiger partial charge in [0.25, 0.3) is 7.82 Å². The zero-order valence-corrected chi connectivity index (χ0v) is 41.4. The van der Waals surface area contributed by atoms with Crippen LogP contribution in [0.3, 0.4) is 0 Å². The Morgan fingerprint density at radius 3 is 1.30 bits per heavy atom. The van der Waals surface area contributed by atoms with Crippen LogP contribution in [0.1, 0.15) is 155 Å². The lowest BCUT2D eigenvalue weighted by atomic mass is 10.1. The number of nitrogens with zero attached hydrogens (tertiary/aromatic N) is 1. The number of quaternary nitrogens is 1. The number of likely N-dealkylation sites (N-methyl/N-ethyl adjacent to an activating group) is 1. The summed E-state index contributed by atoms with van der Waals surface area (Å²) in [4.78, 5) is 25.1. The van der Waals surface area contributed by atoms with Crippen molar-refractivity contribution in [3.05, 3.63) is 122 Å². The van der Waals surface area contributed by atoms with E-state index in [9.17, 15) is 14.3 Å². The van der Waals surface area contributed by atoms with E-state index in [2.05, 4.69) is 135 Å². The smallest absolute Gasteiger partial charge is 0.306 e. The van der Waals surface area contributed by atoms with Crippen molar-refractivity contribution in [2.45, 2.75) is 161 Å². The van der Waals surface area contributed by atoms with Crippen LogP contribution in [-0.4, -0.2) is 70.7 Å². The Labute approximate surface area is 386 Å². The van der Waals surface area contributed by atoms with Crippen LogP contribution in [0.5, 0.6) is 0 Å². The Balaban J connectivity index is 4.28. The monoisotopic (exact) mass is 896 g/mol. The molecular weight excluding hydrogens is 806 g/mol. The topological polar surface area (TPSA) is 94.1 Å². The summed E-state index contributed by atoms with van der Waals surface area (Å²) in [5, 5.41) is 0. The molecular formula is C54H90NO7P. The highest BCUT2D eigenvalue weighted by atomic mass is 31.2. The molecule has 2 unspecified atom stereocenters. The molecule has 8 nitrogen and oxygen atoms in total. The first-order chi connectivity index (χ1) is 30.6. The molecule has 63 heavy (non-hydrogen) atoms. The number of unbranched alkanes of at least 4 members (excludes halogenated alkanes) is 9. The van der Waals surface area contributed by atoms with Crippen molar-refractivity contribution < 1.29 is 37.3 Å². The highest BCUT2D eigenvalue weighted by Crippen LogP contribution is 2.38. The van der Waals surface area contributed by atoms with E-state index in [0.717, 1.165) is 135 Å². The minimum Gasteiger partial charge on any atom is -0.756 e. The van der Waals surface area contributed by atoms with Gasteiger partial charge < -0.3 is 27.9 Å². The van der Waals surface area contributed by atoms with E-state index < -0.39 is 13.9 Å². The Hall–Kier alpha value is -3.10. The van der Waals surface area contributed by atoms with Gasteiger partial charge in [-0.05, 0) is 103 Å². The molecule has 0 fully saturated rings. The van der Waals surface area contributed by atoms with E-state index >= 15 is 0 Å². The highest BCUT2D eigenvalue weighted by molar-refractivity contribution is 7.45. The van der Waals surface area contributed by atoms with Gasteiger partial charge in [0.15, 0.2) is 0 Å². The molecule has 0 aromatic heterocycles. The van der Waals surface area contributed by atoms with Crippen molar-refractivity contribution in [3.8, 4) is 0 Å². The Kier molecular flexibility index (Phi) is 43.2. The van der Waals surface area contributed by atoms with E-state index in [1.807, 2.05) is 21.1 Å². The molecule has 0 saturated heterocycles. The van der Waals surface area contributed by atoms with E-state index in [1.165, 1.54) is 0 Å². The van der Waals surface area contributed by atoms with Crippen molar-refractivity contribution in [3.63, 3.8) is 0 Å². The molecule has 0 aliphatic heterocycles. The van der Waals surface area contributed by atoms with E-state index in [4.69, 9.17) is 18.5 Å². The van der Waals surface area contributed by atoms with Gasteiger partial charge in [0.1, 0.15) is 19.3 Å². The maximum atomic E-state index is 12.7. The number of hydrogen-bond donors (Lipinski definition) is 0. The molecule has 0 aliphatic carbocycles. The fourth-order valence-corrected chi connectivity index (χ4v) is 6.56. The molecule has 2 atom stereocenters. The zero-order chi connectivity index (χ0) is 46.2. The van der Waals surface area contributed by atoms with Crippen LogP contribution >= 0.6 is 7.82 Å². The van der Waals surface area contributed by atoms with Crippen LogP contribution in [0.2, 0.25) is 0 Å². The molecule has 0 radical (unpaired) electrons. The van der Waals surface area contributed by atoms with Gasteiger partial charge in [0.05, 0.1) is 34.4 Å². The van der Waals surface area contributed by atoms with Crippen LogP contribution in [0.4, 0.5) is 0 Å². The summed E-state index contributed by atoms with van der Waals surface area (Å²) in [5.74, 6) is -0.367. The predicted octanol–water partition coefficient (Wildman–Crippen LogP) is 14.3. The molecule has 0 saturated carbocycles. The van der Waals surface area contributed by atoms with Crippen LogP contribution in [0.15, 0.2) is 122 Å². The minimum absolute atomic E-state index is 0.00926. The van der Waals surface area contributed by atoms with Gasteiger partial charge >= 0.3 is 5.97 Å². The van der Waals surface area contributed by atoms with Crippen LogP contribution < -0.4 is 4.89 Å². The number of phosphoric ester groups is 1. The average Bonchev–Trinajstić information content (AvgIpc) is 3.24. The highest BCUT2D eigenvalue weighted by Gasteiger charge is 2.20. The molecule has 0 N–H and O–H groups in total. The van der Waals surface area contributed by atoms with E-state index in [-0.39, 0.29) is 32.2 Å². The fraction of sp³-hybridized carbons (Fsp3) is 0.611. The summed E-state index contributed by atoms with van der Waals surface area (Å²) in [6.07, 6.45) is 65.1. The third kappa shape index (κ3) is 49.8. The Morgan fingerprint density at radius 1 is 0.492 bits per heavy atom. The first-order valence-corrected chi connectivity index (χ1v) is 25.7. The molecule has 0 aromatic rings. The first kappa shape index (κ1) is 59.9. The van der Waals surface area contributed by atoms with Crippen LogP contribution in [0.25, 0.3) is 0 Å². The molecule has 0 spiro atoms. The number of esters is 1. The fourth-order valence-electron chi connectivity index (χ4n) is 5.83. The molecule has 0 aliphatic rings. The molecule has 0 bridgehead atoms. The summed E-state index contributed by atoms with van der Waals surface area (Å²) >= 11 is 0. The number of phosphoric acid groups is 1. The normalized spacial score (nSPS) is 14.7. The van der Waals surface area contributed by atoms with Gasteiger partial charge in [-0.3, -0.25) is 9.36 Å².